The summed E-state index contributed by atoms with van der Waals surface area (Å²) in [5.41, 5.74) is -0.253. The summed E-state index contributed by atoms with van der Waals surface area (Å²) >= 11 is 3.01. The van der Waals surface area contributed by atoms with Crippen LogP contribution in [0.1, 0.15) is 11.6 Å². The molecule has 0 unspecified atom stereocenters. The van der Waals surface area contributed by atoms with Crippen molar-refractivity contribution >= 4 is 33.6 Å². The van der Waals surface area contributed by atoms with Crippen molar-refractivity contribution in [1.82, 2.24) is 10.6 Å². The van der Waals surface area contributed by atoms with Gasteiger partial charge in [0.1, 0.15) is 11.7 Å². The third kappa shape index (κ3) is 3.11. The molecule has 1 heterocycles. The molecule has 0 aliphatic carbocycles. The van der Waals surface area contributed by atoms with Crippen molar-refractivity contribution < 1.29 is 24.4 Å². The third-order valence-corrected chi connectivity index (χ3v) is 3.95. The number of urea groups is 1. The zero-order chi connectivity index (χ0) is 17.3. The van der Waals surface area contributed by atoms with E-state index in [4.69, 9.17) is 0 Å². The lowest BCUT2D eigenvalue weighted by Crippen LogP contribution is -2.51. The molecule has 10 heteroatoms. The van der Waals surface area contributed by atoms with Crippen LogP contribution in [-0.2, 0) is 9.53 Å². The predicted octanol–water partition coefficient (Wildman–Crippen LogP) is 1.72. The lowest BCUT2D eigenvalue weighted by molar-refractivity contribution is -0.385. The average molecular weight is 386 g/mol. The number of aromatic hydroxyl groups is 1. The van der Waals surface area contributed by atoms with Crippen LogP contribution in [-0.4, -0.2) is 29.1 Å². The van der Waals surface area contributed by atoms with E-state index in [1.54, 1.807) is 0 Å². The Morgan fingerprint density at radius 2 is 2.17 bits per heavy atom. The molecule has 1 aliphatic rings. The summed E-state index contributed by atoms with van der Waals surface area (Å²) in [6.45, 7) is 3.60. The number of methoxy groups -OCH3 is 1. The number of esters is 1. The molecule has 0 bridgehead atoms. The van der Waals surface area contributed by atoms with Crippen molar-refractivity contribution in [3.8, 4) is 5.75 Å². The van der Waals surface area contributed by atoms with Crippen LogP contribution in [0.15, 0.2) is 28.9 Å². The van der Waals surface area contributed by atoms with Crippen molar-refractivity contribution in [2.45, 2.75) is 6.04 Å². The molecule has 1 fully saturated rings. The zero-order valence-electron chi connectivity index (χ0n) is 11.8. The quantitative estimate of drug-likeness (QED) is 0.412. The van der Waals surface area contributed by atoms with Crippen LogP contribution in [0.5, 0.6) is 5.75 Å². The number of non-ortho nitro benzene ring substituents is 1. The summed E-state index contributed by atoms with van der Waals surface area (Å²) in [7, 11) is 1.16. The minimum absolute atomic E-state index is 0.00234. The number of nitrogens with zero attached hydrogens (tertiary/aromatic N) is 1. The molecule has 1 aromatic rings. The van der Waals surface area contributed by atoms with Gasteiger partial charge in [-0.25, -0.2) is 4.79 Å². The number of nitro benzene ring substituents is 1. The first-order valence-electron chi connectivity index (χ1n) is 6.27. The maximum absolute atomic E-state index is 12.0. The molecule has 2 rings (SSSR count). The SMILES string of the molecule is C=C1NC(=O)N[C@H](c2cc([N+](=O)[O-])cc(Br)c2O)[C@@H]1C(=O)OC. The minimum Gasteiger partial charge on any atom is -0.506 e. The highest BCUT2D eigenvalue weighted by molar-refractivity contribution is 9.10. The van der Waals surface area contributed by atoms with Gasteiger partial charge in [0.25, 0.3) is 5.69 Å². The van der Waals surface area contributed by atoms with Crippen LogP contribution in [0, 0.1) is 16.0 Å². The smallest absolute Gasteiger partial charge is 0.319 e. The number of hydrogen-bond donors (Lipinski definition) is 3. The van der Waals surface area contributed by atoms with E-state index in [-0.39, 0.29) is 27.2 Å². The summed E-state index contributed by atoms with van der Waals surface area (Å²) in [6, 6.07) is 0.477. The Kier molecular flexibility index (Phi) is 4.55. The Labute approximate surface area is 138 Å². The second-order valence-electron chi connectivity index (χ2n) is 4.72. The van der Waals surface area contributed by atoms with Gasteiger partial charge in [-0.05, 0) is 15.9 Å². The molecule has 9 nitrogen and oxygen atoms in total. The van der Waals surface area contributed by atoms with E-state index in [1.165, 1.54) is 0 Å². The Hall–Kier alpha value is -2.62. The van der Waals surface area contributed by atoms with E-state index >= 15 is 0 Å². The number of benzene rings is 1. The summed E-state index contributed by atoms with van der Waals surface area (Å²) in [6.07, 6.45) is 0. The van der Waals surface area contributed by atoms with Crippen LogP contribution >= 0.6 is 15.9 Å². The molecule has 0 spiro atoms. The molecule has 23 heavy (non-hydrogen) atoms. The lowest BCUT2D eigenvalue weighted by atomic mass is 9.88. The van der Waals surface area contributed by atoms with Gasteiger partial charge in [-0.3, -0.25) is 14.9 Å². The molecule has 1 aliphatic heterocycles. The van der Waals surface area contributed by atoms with Crippen LogP contribution < -0.4 is 10.6 Å². The summed E-state index contributed by atoms with van der Waals surface area (Å²) < 4.78 is 4.74. The summed E-state index contributed by atoms with van der Waals surface area (Å²) in [5.74, 6) is -2.10. The number of nitro groups is 1. The number of rotatable bonds is 3. The van der Waals surface area contributed by atoms with Gasteiger partial charge in [-0.2, -0.15) is 0 Å². The molecule has 2 atom stereocenters. The van der Waals surface area contributed by atoms with Gasteiger partial charge in [0.05, 0.1) is 22.5 Å². The van der Waals surface area contributed by atoms with E-state index in [0.717, 1.165) is 19.2 Å². The number of carbonyl (C=O) groups is 2. The molecule has 122 valence electrons. The van der Waals surface area contributed by atoms with Crippen LogP contribution in [0.2, 0.25) is 0 Å². The maximum Gasteiger partial charge on any atom is 0.319 e. The standard InChI is InChI=1S/C13H12BrN3O6/c1-5-9(12(19)23-2)10(16-13(20)15-5)7-3-6(17(21)22)4-8(14)11(7)18/h3-4,9-10,18H,1H2,2H3,(H2,15,16,20)/t9-,10-/m1/s1. The average Bonchev–Trinajstić information content (AvgIpc) is 2.48. The first-order chi connectivity index (χ1) is 10.8. The second-order valence-corrected chi connectivity index (χ2v) is 5.58. The largest absolute Gasteiger partial charge is 0.506 e. The predicted molar refractivity (Wildman–Crippen MR) is 81.5 cm³/mol. The fourth-order valence-corrected chi connectivity index (χ4v) is 2.76. The van der Waals surface area contributed by atoms with E-state index < -0.39 is 28.9 Å². The molecule has 0 aromatic heterocycles. The number of hydrogen-bond acceptors (Lipinski definition) is 6. The zero-order valence-corrected chi connectivity index (χ0v) is 13.4. The monoisotopic (exact) mass is 385 g/mol. The second kappa shape index (κ2) is 6.24. The highest BCUT2D eigenvalue weighted by Crippen LogP contribution is 2.40. The number of phenolic OH excluding ortho intramolecular Hbond substituents is 1. The van der Waals surface area contributed by atoms with E-state index in [2.05, 4.69) is 37.9 Å². The molecule has 0 saturated carbocycles. The van der Waals surface area contributed by atoms with Gasteiger partial charge in [0, 0.05) is 23.4 Å². The van der Waals surface area contributed by atoms with Gasteiger partial charge in [0.15, 0.2) is 0 Å². The van der Waals surface area contributed by atoms with Gasteiger partial charge in [-0.15, -0.1) is 0 Å². The summed E-state index contributed by atoms with van der Waals surface area (Å²) in [4.78, 5) is 34.0. The third-order valence-electron chi connectivity index (χ3n) is 3.35. The van der Waals surface area contributed by atoms with E-state index in [9.17, 15) is 24.8 Å². The fourth-order valence-electron chi connectivity index (χ4n) is 2.30. The van der Waals surface area contributed by atoms with Crippen LogP contribution in [0.3, 0.4) is 0 Å². The molecule has 1 saturated heterocycles. The molecular weight excluding hydrogens is 374 g/mol. The fraction of sp³-hybridized carbons (Fsp3) is 0.231. The van der Waals surface area contributed by atoms with Crippen molar-refractivity contribution in [3.05, 3.63) is 44.6 Å². The molecular formula is C13H12BrN3O6. The van der Waals surface area contributed by atoms with Crippen molar-refractivity contribution in [2.75, 3.05) is 7.11 Å². The first-order valence-corrected chi connectivity index (χ1v) is 7.06. The Balaban J connectivity index is 2.60. The number of halogens is 1. The van der Waals surface area contributed by atoms with E-state index in [1.807, 2.05) is 0 Å². The Bertz CT molecular complexity index is 720. The van der Waals surface area contributed by atoms with Crippen molar-refractivity contribution in [3.63, 3.8) is 0 Å². The summed E-state index contributed by atoms with van der Waals surface area (Å²) in [5, 5.41) is 26.0. The Morgan fingerprint density at radius 3 is 2.74 bits per heavy atom. The van der Waals surface area contributed by atoms with Crippen LogP contribution in [0.4, 0.5) is 10.5 Å². The highest BCUT2D eigenvalue weighted by Gasteiger charge is 2.40. The Morgan fingerprint density at radius 1 is 1.52 bits per heavy atom. The molecule has 0 radical (unpaired) electrons. The topological polar surface area (TPSA) is 131 Å². The number of ether oxygens (including phenoxy) is 1. The maximum atomic E-state index is 12.0. The van der Waals surface area contributed by atoms with Crippen molar-refractivity contribution in [2.24, 2.45) is 5.92 Å². The number of nitrogens with one attached hydrogen (secondary N) is 2. The normalized spacial score (nSPS) is 20.4. The van der Waals surface area contributed by atoms with Gasteiger partial charge >= 0.3 is 12.0 Å². The van der Waals surface area contributed by atoms with Crippen molar-refractivity contribution in [1.29, 1.82) is 0 Å². The molecule has 1 aromatic carbocycles. The first kappa shape index (κ1) is 16.7. The molecule has 3 N–H and O–H groups in total. The van der Waals surface area contributed by atoms with Gasteiger partial charge in [0.2, 0.25) is 0 Å². The highest BCUT2D eigenvalue weighted by atomic mass is 79.9. The molecule has 2 amide bonds. The number of carbonyl (C=O) groups excluding carboxylic acids is 2. The number of phenols is 1. The van der Waals surface area contributed by atoms with Gasteiger partial charge in [-0.1, -0.05) is 6.58 Å². The number of amides is 2. The minimum atomic E-state index is -1.07. The van der Waals surface area contributed by atoms with Crippen LogP contribution in [0.25, 0.3) is 0 Å². The van der Waals surface area contributed by atoms with Gasteiger partial charge < -0.3 is 20.5 Å². The lowest BCUT2D eigenvalue weighted by Gasteiger charge is -2.33. The van der Waals surface area contributed by atoms with E-state index in [0.29, 0.717) is 0 Å².